The van der Waals surface area contributed by atoms with Crippen LogP contribution in [-0.2, 0) is 4.74 Å². The molecule has 1 aliphatic rings. The number of amides is 1. The molecule has 3 rings (SSSR count). The van der Waals surface area contributed by atoms with Crippen molar-refractivity contribution in [3.63, 3.8) is 0 Å². The van der Waals surface area contributed by atoms with E-state index in [0.717, 1.165) is 30.5 Å². The number of nitrogens with zero attached hydrogens (tertiary/aromatic N) is 2. The SMILES string of the molecule is CC(C)(C)OC(=O)N1CCC[C@@H](Sc2nc3ccccc3o2)C1. The van der Waals surface area contributed by atoms with Crippen molar-refractivity contribution >= 4 is 29.0 Å². The quantitative estimate of drug-likeness (QED) is 0.818. The molecule has 1 aliphatic heterocycles. The highest BCUT2D eigenvalue weighted by Gasteiger charge is 2.29. The molecule has 2 aromatic rings. The minimum absolute atomic E-state index is 0.236. The number of rotatable bonds is 2. The first-order chi connectivity index (χ1) is 10.9. The Bertz CT molecular complexity index is 659. The molecule has 0 spiro atoms. The van der Waals surface area contributed by atoms with Gasteiger partial charge in [0.1, 0.15) is 11.1 Å². The summed E-state index contributed by atoms with van der Waals surface area (Å²) in [5.41, 5.74) is 1.21. The van der Waals surface area contributed by atoms with Crippen molar-refractivity contribution in [2.45, 2.75) is 49.7 Å². The van der Waals surface area contributed by atoms with E-state index in [2.05, 4.69) is 4.98 Å². The zero-order valence-electron chi connectivity index (χ0n) is 13.7. The van der Waals surface area contributed by atoms with Crippen LogP contribution in [-0.4, -0.2) is 39.9 Å². The lowest BCUT2D eigenvalue weighted by molar-refractivity contribution is 0.0220. The van der Waals surface area contributed by atoms with E-state index in [-0.39, 0.29) is 11.3 Å². The fourth-order valence-corrected chi connectivity index (χ4v) is 3.68. The van der Waals surface area contributed by atoms with Gasteiger partial charge >= 0.3 is 6.09 Å². The number of aromatic nitrogens is 1. The van der Waals surface area contributed by atoms with Crippen LogP contribution in [0.3, 0.4) is 0 Å². The molecular formula is C17H22N2O3S. The molecule has 5 nitrogen and oxygen atoms in total. The number of carbonyl (C=O) groups is 1. The van der Waals surface area contributed by atoms with Crippen LogP contribution < -0.4 is 0 Å². The molecule has 23 heavy (non-hydrogen) atoms. The highest BCUT2D eigenvalue weighted by molar-refractivity contribution is 7.99. The summed E-state index contributed by atoms with van der Waals surface area (Å²) in [6, 6.07) is 7.74. The number of thioether (sulfide) groups is 1. The number of oxazole rings is 1. The fourth-order valence-electron chi connectivity index (χ4n) is 2.57. The van der Waals surface area contributed by atoms with Gasteiger partial charge in [0.05, 0.1) is 0 Å². The fraction of sp³-hybridized carbons (Fsp3) is 0.529. The summed E-state index contributed by atoms with van der Waals surface area (Å²) in [5, 5.41) is 0.951. The van der Waals surface area contributed by atoms with Crippen LogP contribution in [0, 0.1) is 0 Å². The van der Waals surface area contributed by atoms with Crippen LogP contribution in [0.4, 0.5) is 4.79 Å². The van der Waals surface area contributed by atoms with Gasteiger partial charge in [-0.05, 0) is 45.7 Å². The molecule has 1 atom stereocenters. The first-order valence-electron chi connectivity index (χ1n) is 7.91. The van der Waals surface area contributed by atoms with Crippen LogP contribution in [0.15, 0.2) is 33.9 Å². The number of fused-ring (bicyclic) bond motifs is 1. The van der Waals surface area contributed by atoms with Crippen molar-refractivity contribution in [2.75, 3.05) is 13.1 Å². The van der Waals surface area contributed by atoms with Gasteiger partial charge in [0.25, 0.3) is 5.22 Å². The number of ether oxygens (including phenoxy) is 1. The second-order valence-electron chi connectivity index (χ2n) is 6.76. The second-order valence-corrected chi connectivity index (χ2v) is 8.01. The third kappa shape index (κ3) is 4.19. The second kappa shape index (κ2) is 6.43. The smallest absolute Gasteiger partial charge is 0.410 e. The van der Waals surface area contributed by atoms with Gasteiger partial charge in [-0.25, -0.2) is 9.78 Å². The lowest BCUT2D eigenvalue weighted by Gasteiger charge is -2.33. The van der Waals surface area contributed by atoms with Crippen molar-refractivity contribution in [3.05, 3.63) is 24.3 Å². The maximum atomic E-state index is 12.2. The lowest BCUT2D eigenvalue weighted by Crippen LogP contribution is -2.43. The molecule has 0 saturated carbocycles. The Morgan fingerprint density at radius 1 is 1.39 bits per heavy atom. The Kier molecular flexibility index (Phi) is 4.53. The van der Waals surface area contributed by atoms with Crippen molar-refractivity contribution < 1.29 is 13.9 Å². The molecule has 0 unspecified atom stereocenters. The number of likely N-dealkylation sites (tertiary alicyclic amines) is 1. The average molecular weight is 334 g/mol. The van der Waals surface area contributed by atoms with Crippen LogP contribution >= 0.6 is 11.8 Å². The van der Waals surface area contributed by atoms with Crippen molar-refractivity contribution in [1.29, 1.82) is 0 Å². The molecule has 0 aliphatic carbocycles. The Morgan fingerprint density at radius 2 is 2.17 bits per heavy atom. The molecule has 0 N–H and O–H groups in total. The Labute approximate surface area is 140 Å². The summed E-state index contributed by atoms with van der Waals surface area (Å²) in [6.45, 7) is 7.08. The number of hydrogen-bond acceptors (Lipinski definition) is 5. The summed E-state index contributed by atoms with van der Waals surface area (Å²) in [6.07, 6.45) is 1.78. The van der Waals surface area contributed by atoms with E-state index in [4.69, 9.17) is 9.15 Å². The van der Waals surface area contributed by atoms with Crippen molar-refractivity contribution in [1.82, 2.24) is 9.88 Å². The first kappa shape index (κ1) is 16.2. The molecule has 124 valence electrons. The number of benzene rings is 1. The van der Waals surface area contributed by atoms with Crippen molar-refractivity contribution in [2.24, 2.45) is 0 Å². The number of hydrogen-bond donors (Lipinski definition) is 0. The summed E-state index contributed by atoms with van der Waals surface area (Å²) in [4.78, 5) is 18.5. The van der Waals surface area contributed by atoms with Gasteiger partial charge in [-0.3, -0.25) is 0 Å². The van der Waals surface area contributed by atoms with Gasteiger partial charge in [0, 0.05) is 18.3 Å². The predicted octanol–water partition coefficient (Wildman–Crippen LogP) is 4.32. The normalized spacial score (nSPS) is 19.1. The topological polar surface area (TPSA) is 55.6 Å². The molecule has 1 amide bonds. The van der Waals surface area contributed by atoms with Gasteiger partial charge in [0.2, 0.25) is 0 Å². The average Bonchev–Trinajstić information content (AvgIpc) is 2.88. The maximum absolute atomic E-state index is 12.2. The van der Waals surface area contributed by atoms with Crippen LogP contribution in [0.2, 0.25) is 0 Å². The Morgan fingerprint density at radius 3 is 2.91 bits per heavy atom. The van der Waals surface area contributed by atoms with Crippen LogP contribution in [0.25, 0.3) is 11.1 Å². The number of para-hydroxylation sites is 2. The van der Waals surface area contributed by atoms with Crippen LogP contribution in [0.1, 0.15) is 33.6 Å². The monoisotopic (exact) mass is 334 g/mol. The molecule has 1 saturated heterocycles. The van der Waals surface area contributed by atoms with Gasteiger partial charge in [-0.2, -0.15) is 0 Å². The van der Waals surface area contributed by atoms with Gasteiger partial charge in [-0.1, -0.05) is 23.9 Å². The van der Waals surface area contributed by atoms with E-state index in [1.165, 1.54) is 0 Å². The van der Waals surface area contributed by atoms with E-state index < -0.39 is 5.60 Å². The largest absolute Gasteiger partial charge is 0.444 e. The molecule has 0 radical (unpaired) electrons. The first-order valence-corrected chi connectivity index (χ1v) is 8.79. The summed E-state index contributed by atoms with van der Waals surface area (Å²) in [5.74, 6) is 0. The zero-order valence-corrected chi connectivity index (χ0v) is 14.6. The molecule has 2 heterocycles. The summed E-state index contributed by atoms with van der Waals surface area (Å²) < 4.78 is 11.2. The highest BCUT2D eigenvalue weighted by Crippen LogP contribution is 2.31. The van der Waals surface area contributed by atoms with Gasteiger partial charge in [0.15, 0.2) is 5.58 Å². The minimum atomic E-state index is -0.461. The highest BCUT2D eigenvalue weighted by atomic mass is 32.2. The van der Waals surface area contributed by atoms with Crippen LogP contribution in [0.5, 0.6) is 0 Å². The minimum Gasteiger partial charge on any atom is -0.444 e. The third-order valence-corrected chi connectivity index (χ3v) is 4.67. The third-order valence-electron chi connectivity index (χ3n) is 3.57. The maximum Gasteiger partial charge on any atom is 0.410 e. The van der Waals surface area contributed by atoms with E-state index in [0.29, 0.717) is 11.8 Å². The summed E-state index contributed by atoms with van der Waals surface area (Å²) in [7, 11) is 0. The van der Waals surface area contributed by atoms with Gasteiger partial charge in [-0.15, -0.1) is 0 Å². The Hall–Kier alpha value is -1.69. The predicted molar refractivity (Wildman–Crippen MR) is 90.7 cm³/mol. The van der Waals surface area contributed by atoms with E-state index in [9.17, 15) is 4.79 Å². The molecule has 6 heteroatoms. The van der Waals surface area contributed by atoms with E-state index in [1.54, 1.807) is 16.7 Å². The molecule has 1 aromatic carbocycles. The zero-order chi connectivity index (χ0) is 16.4. The number of carbonyl (C=O) groups excluding carboxylic acids is 1. The Balaban J connectivity index is 1.63. The van der Waals surface area contributed by atoms with E-state index in [1.807, 2.05) is 45.0 Å². The van der Waals surface area contributed by atoms with E-state index >= 15 is 0 Å². The molecule has 1 aromatic heterocycles. The standard InChI is InChI=1S/C17H22N2O3S/c1-17(2,3)22-16(20)19-10-6-7-12(11-19)23-15-18-13-8-4-5-9-14(13)21-15/h4-5,8-9,12H,6-7,10-11H2,1-3H3/t12-/m1/s1. The molecule has 1 fully saturated rings. The molecular weight excluding hydrogens is 312 g/mol. The van der Waals surface area contributed by atoms with Gasteiger partial charge < -0.3 is 14.1 Å². The summed E-state index contributed by atoms with van der Waals surface area (Å²) >= 11 is 1.60. The lowest BCUT2D eigenvalue weighted by atomic mass is 10.1. The number of piperidine rings is 1. The van der Waals surface area contributed by atoms with Crippen molar-refractivity contribution in [3.8, 4) is 0 Å². The molecule has 0 bridgehead atoms.